The van der Waals surface area contributed by atoms with E-state index in [2.05, 4.69) is 21.0 Å². The summed E-state index contributed by atoms with van der Waals surface area (Å²) in [5, 5.41) is 9.40. The summed E-state index contributed by atoms with van der Waals surface area (Å²) in [6.07, 6.45) is 5.18. The van der Waals surface area contributed by atoms with Gasteiger partial charge in [0.1, 0.15) is 11.0 Å². The molecule has 144 valence electrons. The Morgan fingerprint density at radius 3 is 2.68 bits per heavy atom. The molecule has 1 spiro atoms. The summed E-state index contributed by atoms with van der Waals surface area (Å²) < 4.78 is 28.3. The van der Waals surface area contributed by atoms with Crippen LogP contribution in [0.5, 0.6) is 0 Å². The summed E-state index contributed by atoms with van der Waals surface area (Å²) in [5.41, 5.74) is 2.60. The molecule has 1 aliphatic heterocycles. The van der Waals surface area contributed by atoms with Gasteiger partial charge < -0.3 is 4.90 Å². The highest BCUT2D eigenvalue weighted by Crippen LogP contribution is 2.58. The van der Waals surface area contributed by atoms with Crippen LogP contribution in [0.3, 0.4) is 0 Å². The van der Waals surface area contributed by atoms with Crippen LogP contribution in [0.15, 0.2) is 18.3 Å². The molecule has 0 radical (unpaired) electrons. The van der Waals surface area contributed by atoms with Gasteiger partial charge >= 0.3 is 5.92 Å². The van der Waals surface area contributed by atoms with Gasteiger partial charge in [-0.05, 0) is 31.7 Å². The summed E-state index contributed by atoms with van der Waals surface area (Å²) in [7, 11) is 0. The Kier molecular flexibility index (Phi) is 3.70. The molecule has 8 heteroatoms. The van der Waals surface area contributed by atoms with Crippen molar-refractivity contribution >= 4 is 23.1 Å². The summed E-state index contributed by atoms with van der Waals surface area (Å²) in [6, 6.07) is 5.81. The zero-order chi connectivity index (χ0) is 19.7. The topological polar surface area (TPSA) is 65.7 Å². The van der Waals surface area contributed by atoms with E-state index in [0.29, 0.717) is 36.1 Å². The van der Waals surface area contributed by atoms with Crippen molar-refractivity contribution in [2.45, 2.75) is 49.9 Å². The molecule has 3 heterocycles. The first-order valence-electron chi connectivity index (χ1n) is 9.39. The number of nitriles is 1. The van der Waals surface area contributed by atoms with Crippen molar-refractivity contribution in [1.29, 1.82) is 5.26 Å². The molecule has 0 bridgehead atoms. The highest BCUT2D eigenvalue weighted by molar-refractivity contribution is 6.29. The molecule has 0 unspecified atom stereocenters. The van der Waals surface area contributed by atoms with Gasteiger partial charge in [-0.3, -0.25) is 0 Å². The van der Waals surface area contributed by atoms with Crippen LogP contribution in [-0.4, -0.2) is 21.5 Å². The Morgan fingerprint density at radius 1 is 1.29 bits per heavy atom. The first-order valence-corrected chi connectivity index (χ1v) is 9.77. The highest BCUT2D eigenvalue weighted by atomic mass is 35.5. The maximum Gasteiger partial charge on any atom is 0.303 e. The van der Waals surface area contributed by atoms with Crippen molar-refractivity contribution in [2.24, 2.45) is 5.92 Å². The Hall–Kier alpha value is -2.33. The van der Waals surface area contributed by atoms with Gasteiger partial charge in [0.15, 0.2) is 0 Å². The van der Waals surface area contributed by atoms with Crippen LogP contribution in [0.2, 0.25) is 5.15 Å². The van der Waals surface area contributed by atoms with Gasteiger partial charge in [-0.25, -0.2) is 15.0 Å². The predicted molar refractivity (Wildman–Crippen MR) is 99.8 cm³/mol. The molecule has 2 aromatic rings. The van der Waals surface area contributed by atoms with Crippen LogP contribution in [-0.2, 0) is 11.3 Å². The molecule has 5 nitrogen and oxygen atoms in total. The van der Waals surface area contributed by atoms with Crippen molar-refractivity contribution in [3.8, 4) is 6.07 Å². The third-order valence-corrected chi connectivity index (χ3v) is 6.37. The standard InChI is InChI=1S/C20H18ClF2N5/c1-19(22,23)18-26-14(12-4-11(5-12)8-24)6-17(27-18)28-10-20(2-3-20)13-9-25-16(21)7-15(13)28/h6-7,9,11-12H,2-5,10H2,1H3. The van der Waals surface area contributed by atoms with E-state index < -0.39 is 11.7 Å². The first kappa shape index (κ1) is 17.7. The van der Waals surface area contributed by atoms with Gasteiger partial charge in [-0.2, -0.15) is 14.0 Å². The van der Waals surface area contributed by atoms with Crippen molar-refractivity contribution in [1.82, 2.24) is 15.0 Å². The number of pyridine rings is 1. The molecular formula is C20H18ClF2N5. The zero-order valence-corrected chi connectivity index (χ0v) is 16.0. The van der Waals surface area contributed by atoms with E-state index in [1.165, 1.54) is 0 Å². The van der Waals surface area contributed by atoms with E-state index in [-0.39, 0.29) is 17.3 Å². The summed E-state index contributed by atoms with van der Waals surface area (Å²) >= 11 is 6.12. The number of rotatable bonds is 3. The lowest BCUT2D eigenvalue weighted by Crippen LogP contribution is -2.26. The van der Waals surface area contributed by atoms with Crippen LogP contribution >= 0.6 is 11.6 Å². The molecule has 2 aromatic heterocycles. The number of anilines is 2. The smallest absolute Gasteiger partial charge is 0.303 e. The molecule has 2 fully saturated rings. The van der Waals surface area contributed by atoms with Gasteiger partial charge in [0, 0.05) is 54.2 Å². The monoisotopic (exact) mass is 401 g/mol. The Bertz CT molecular complexity index is 1000. The van der Waals surface area contributed by atoms with E-state index in [1.54, 1.807) is 18.3 Å². The fourth-order valence-corrected chi connectivity index (χ4v) is 4.42. The molecule has 3 aliphatic rings. The molecule has 0 N–H and O–H groups in total. The van der Waals surface area contributed by atoms with Gasteiger partial charge in [0.25, 0.3) is 0 Å². The SMILES string of the molecule is CC(F)(F)c1nc(C2CC(C#N)C2)cc(N2CC3(CC3)c3cnc(Cl)cc32)n1. The molecule has 0 aromatic carbocycles. The van der Waals surface area contributed by atoms with Crippen LogP contribution < -0.4 is 4.90 Å². The Labute approximate surface area is 166 Å². The van der Waals surface area contributed by atoms with Crippen LogP contribution in [0.1, 0.15) is 55.6 Å². The lowest BCUT2D eigenvalue weighted by Gasteiger charge is -2.31. The molecule has 5 rings (SSSR count). The van der Waals surface area contributed by atoms with E-state index in [0.717, 1.165) is 31.0 Å². The quantitative estimate of drug-likeness (QED) is 0.688. The van der Waals surface area contributed by atoms with Crippen LogP contribution in [0.25, 0.3) is 0 Å². The maximum absolute atomic E-state index is 14.1. The van der Waals surface area contributed by atoms with Crippen molar-refractivity contribution < 1.29 is 8.78 Å². The lowest BCUT2D eigenvalue weighted by molar-refractivity contribution is 0.00735. The minimum Gasteiger partial charge on any atom is -0.325 e. The van der Waals surface area contributed by atoms with Crippen LogP contribution in [0, 0.1) is 17.2 Å². The summed E-state index contributed by atoms with van der Waals surface area (Å²) in [4.78, 5) is 14.6. The average molecular weight is 402 g/mol. The second-order valence-electron chi connectivity index (χ2n) is 8.25. The molecule has 2 saturated carbocycles. The number of nitrogens with zero attached hydrogens (tertiary/aromatic N) is 5. The van der Waals surface area contributed by atoms with Gasteiger partial charge in [-0.1, -0.05) is 11.6 Å². The molecule has 2 aliphatic carbocycles. The third-order valence-electron chi connectivity index (χ3n) is 6.17. The fourth-order valence-electron chi connectivity index (χ4n) is 4.27. The molecule has 28 heavy (non-hydrogen) atoms. The number of hydrogen-bond donors (Lipinski definition) is 0. The Morgan fingerprint density at radius 2 is 2.04 bits per heavy atom. The van der Waals surface area contributed by atoms with E-state index >= 15 is 0 Å². The maximum atomic E-state index is 14.1. The second kappa shape index (κ2) is 5.84. The summed E-state index contributed by atoms with van der Waals surface area (Å²) in [5.74, 6) is -3.15. The van der Waals surface area contributed by atoms with Crippen molar-refractivity contribution in [2.75, 3.05) is 11.4 Å². The predicted octanol–water partition coefficient (Wildman–Crippen LogP) is 4.84. The second-order valence-corrected chi connectivity index (χ2v) is 8.64. The number of alkyl halides is 2. The number of aromatic nitrogens is 3. The molecule has 0 atom stereocenters. The Balaban J connectivity index is 1.59. The highest BCUT2D eigenvalue weighted by Gasteiger charge is 2.53. The van der Waals surface area contributed by atoms with Gasteiger partial charge in [0.2, 0.25) is 5.82 Å². The summed E-state index contributed by atoms with van der Waals surface area (Å²) in [6.45, 7) is 1.50. The van der Waals surface area contributed by atoms with Gasteiger partial charge in [0.05, 0.1) is 11.8 Å². The average Bonchev–Trinajstić information content (AvgIpc) is 3.31. The zero-order valence-electron chi connectivity index (χ0n) is 15.3. The van der Waals surface area contributed by atoms with Crippen LogP contribution in [0.4, 0.5) is 20.3 Å². The van der Waals surface area contributed by atoms with Crippen molar-refractivity contribution in [3.63, 3.8) is 0 Å². The number of hydrogen-bond acceptors (Lipinski definition) is 5. The number of halogens is 3. The molecule has 0 amide bonds. The normalized spacial score (nSPS) is 24.6. The van der Waals surface area contributed by atoms with Gasteiger partial charge in [-0.15, -0.1) is 0 Å². The van der Waals surface area contributed by atoms with E-state index in [1.807, 2.05) is 4.90 Å². The van der Waals surface area contributed by atoms with E-state index in [9.17, 15) is 8.78 Å². The minimum absolute atomic E-state index is 0.0190. The minimum atomic E-state index is -3.14. The number of fused-ring (bicyclic) bond motifs is 2. The fraction of sp³-hybridized carbons (Fsp3) is 0.500. The first-order chi connectivity index (χ1) is 13.3. The molecule has 0 saturated heterocycles. The van der Waals surface area contributed by atoms with Crippen molar-refractivity contribution in [3.05, 3.63) is 40.6 Å². The lowest BCUT2D eigenvalue weighted by atomic mass is 9.74. The molecular weight excluding hydrogens is 384 g/mol. The van der Waals surface area contributed by atoms with E-state index in [4.69, 9.17) is 16.9 Å². The largest absolute Gasteiger partial charge is 0.325 e. The third kappa shape index (κ3) is 2.74.